The molecular formula is C10H10ClFN2. The standard InChI is InChI=1S/C10H10ClFN2/c1-6-3-9-8(4-7(6)12)13-10(5-11)14(9)2/h3-4H,5H2,1-2H3. The molecule has 0 N–H and O–H groups in total. The van der Waals surface area contributed by atoms with Crippen LogP contribution in [0.25, 0.3) is 11.0 Å². The van der Waals surface area contributed by atoms with Crippen LogP contribution in [0.15, 0.2) is 12.1 Å². The van der Waals surface area contributed by atoms with E-state index in [0.29, 0.717) is 17.0 Å². The molecule has 1 heterocycles. The Bertz CT molecular complexity index is 490. The van der Waals surface area contributed by atoms with Crippen molar-refractivity contribution < 1.29 is 4.39 Å². The molecule has 0 fully saturated rings. The fourth-order valence-electron chi connectivity index (χ4n) is 1.49. The first kappa shape index (κ1) is 9.46. The van der Waals surface area contributed by atoms with Crippen LogP contribution in [0, 0.1) is 12.7 Å². The first-order chi connectivity index (χ1) is 6.63. The van der Waals surface area contributed by atoms with Gasteiger partial charge in [0.15, 0.2) is 0 Å². The number of rotatable bonds is 1. The maximum Gasteiger partial charge on any atom is 0.128 e. The molecule has 0 bridgehead atoms. The van der Waals surface area contributed by atoms with Crippen LogP contribution in [0.1, 0.15) is 11.4 Å². The number of aryl methyl sites for hydroxylation is 2. The fourth-order valence-corrected chi connectivity index (χ4v) is 1.73. The molecule has 0 saturated heterocycles. The Hall–Kier alpha value is -1.09. The second-order valence-electron chi connectivity index (χ2n) is 3.31. The molecule has 0 spiro atoms. The number of halogens is 2. The van der Waals surface area contributed by atoms with Crippen LogP contribution in [0.3, 0.4) is 0 Å². The van der Waals surface area contributed by atoms with Crippen LogP contribution in [0.5, 0.6) is 0 Å². The first-order valence-electron chi connectivity index (χ1n) is 4.31. The molecular weight excluding hydrogens is 203 g/mol. The van der Waals surface area contributed by atoms with Crippen LogP contribution in [-0.2, 0) is 12.9 Å². The molecule has 4 heteroatoms. The summed E-state index contributed by atoms with van der Waals surface area (Å²) in [5, 5.41) is 0. The number of hydrogen-bond acceptors (Lipinski definition) is 1. The summed E-state index contributed by atoms with van der Waals surface area (Å²) in [4.78, 5) is 4.22. The highest BCUT2D eigenvalue weighted by Crippen LogP contribution is 2.19. The van der Waals surface area contributed by atoms with Crippen LogP contribution >= 0.6 is 11.6 Å². The lowest BCUT2D eigenvalue weighted by Gasteiger charge is -1.99. The van der Waals surface area contributed by atoms with Gasteiger partial charge in [-0.3, -0.25) is 0 Å². The molecule has 0 unspecified atom stereocenters. The molecule has 0 aliphatic rings. The van der Waals surface area contributed by atoms with Crippen molar-refractivity contribution in [1.82, 2.24) is 9.55 Å². The van der Waals surface area contributed by atoms with Gasteiger partial charge in [-0.1, -0.05) is 0 Å². The summed E-state index contributed by atoms with van der Waals surface area (Å²) in [5.41, 5.74) is 2.20. The molecule has 1 aromatic heterocycles. The highest BCUT2D eigenvalue weighted by molar-refractivity contribution is 6.16. The number of aromatic nitrogens is 2. The normalized spacial score (nSPS) is 11.1. The Balaban J connectivity index is 2.80. The van der Waals surface area contributed by atoms with Gasteiger partial charge in [-0.05, 0) is 18.6 Å². The van der Waals surface area contributed by atoms with Crippen molar-refractivity contribution in [3.8, 4) is 0 Å². The van der Waals surface area contributed by atoms with E-state index >= 15 is 0 Å². The molecule has 2 nitrogen and oxygen atoms in total. The van der Waals surface area contributed by atoms with Gasteiger partial charge in [0.2, 0.25) is 0 Å². The van der Waals surface area contributed by atoms with Gasteiger partial charge >= 0.3 is 0 Å². The molecule has 0 aliphatic heterocycles. The van der Waals surface area contributed by atoms with E-state index in [1.807, 2.05) is 11.6 Å². The van der Waals surface area contributed by atoms with Crippen molar-refractivity contribution in [3.05, 3.63) is 29.3 Å². The molecule has 1 aromatic carbocycles. The maximum atomic E-state index is 13.2. The third-order valence-electron chi connectivity index (χ3n) is 2.37. The van der Waals surface area contributed by atoms with Gasteiger partial charge in [-0.25, -0.2) is 9.37 Å². The molecule has 14 heavy (non-hydrogen) atoms. The van der Waals surface area contributed by atoms with Gasteiger partial charge in [0.1, 0.15) is 11.6 Å². The minimum Gasteiger partial charge on any atom is -0.330 e. The van der Waals surface area contributed by atoms with Gasteiger partial charge in [0.05, 0.1) is 16.9 Å². The Morgan fingerprint density at radius 1 is 1.50 bits per heavy atom. The zero-order valence-electron chi connectivity index (χ0n) is 8.01. The molecule has 0 radical (unpaired) electrons. The molecule has 0 aliphatic carbocycles. The average molecular weight is 213 g/mol. The highest BCUT2D eigenvalue weighted by Gasteiger charge is 2.09. The van der Waals surface area contributed by atoms with Crippen LogP contribution in [-0.4, -0.2) is 9.55 Å². The maximum absolute atomic E-state index is 13.2. The number of benzene rings is 1. The van der Waals surface area contributed by atoms with Crippen LogP contribution < -0.4 is 0 Å². The Labute approximate surface area is 86.3 Å². The molecule has 2 rings (SSSR count). The summed E-state index contributed by atoms with van der Waals surface area (Å²) >= 11 is 5.71. The Morgan fingerprint density at radius 3 is 2.86 bits per heavy atom. The van der Waals surface area contributed by atoms with Crippen molar-refractivity contribution >= 4 is 22.6 Å². The number of imidazole rings is 1. The van der Waals surface area contributed by atoms with Crippen molar-refractivity contribution in [3.63, 3.8) is 0 Å². The topological polar surface area (TPSA) is 17.8 Å². The highest BCUT2D eigenvalue weighted by atomic mass is 35.5. The Morgan fingerprint density at radius 2 is 2.21 bits per heavy atom. The number of alkyl halides is 1. The van der Waals surface area contributed by atoms with E-state index in [9.17, 15) is 4.39 Å². The van der Waals surface area contributed by atoms with Gasteiger partial charge in [0, 0.05) is 13.1 Å². The van der Waals surface area contributed by atoms with E-state index in [1.165, 1.54) is 6.07 Å². The van der Waals surface area contributed by atoms with E-state index < -0.39 is 0 Å². The fraction of sp³-hybridized carbons (Fsp3) is 0.300. The third kappa shape index (κ3) is 1.28. The summed E-state index contributed by atoms with van der Waals surface area (Å²) in [6.07, 6.45) is 0. The second kappa shape index (κ2) is 3.24. The molecule has 74 valence electrons. The molecule has 2 aromatic rings. The molecule has 0 saturated carbocycles. The summed E-state index contributed by atoms with van der Waals surface area (Å²) < 4.78 is 15.1. The second-order valence-corrected chi connectivity index (χ2v) is 3.58. The first-order valence-corrected chi connectivity index (χ1v) is 4.84. The van der Waals surface area contributed by atoms with Gasteiger partial charge < -0.3 is 4.57 Å². The molecule has 0 atom stereocenters. The lowest BCUT2D eigenvalue weighted by Crippen LogP contribution is -1.94. The zero-order chi connectivity index (χ0) is 10.3. The predicted molar refractivity (Wildman–Crippen MR) is 55.0 cm³/mol. The van der Waals surface area contributed by atoms with E-state index in [2.05, 4.69) is 4.98 Å². The van der Waals surface area contributed by atoms with Gasteiger partial charge in [-0.2, -0.15) is 0 Å². The summed E-state index contributed by atoms with van der Waals surface area (Å²) in [6.45, 7) is 1.74. The third-order valence-corrected chi connectivity index (χ3v) is 2.61. The van der Waals surface area contributed by atoms with Crippen LogP contribution in [0.2, 0.25) is 0 Å². The number of hydrogen-bond donors (Lipinski definition) is 0. The SMILES string of the molecule is Cc1cc2c(cc1F)nc(CCl)n2C. The summed E-state index contributed by atoms with van der Waals surface area (Å²) in [5.74, 6) is 0.870. The smallest absolute Gasteiger partial charge is 0.128 e. The largest absolute Gasteiger partial charge is 0.330 e. The van der Waals surface area contributed by atoms with Crippen molar-refractivity contribution in [2.24, 2.45) is 7.05 Å². The lowest BCUT2D eigenvalue weighted by molar-refractivity contribution is 0.620. The summed E-state index contributed by atoms with van der Waals surface area (Å²) in [6, 6.07) is 3.23. The zero-order valence-corrected chi connectivity index (χ0v) is 8.77. The Kier molecular flexibility index (Phi) is 2.19. The average Bonchev–Trinajstić information content (AvgIpc) is 2.45. The number of fused-ring (bicyclic) bond motifs is 1. The van der Waals surface area contributed by atoms with Crippen molar-refractivity contribution in [2.75, 3.05) is 0 Å². The van der Waals surface area contributed by atoms with E-state index in [-0.39, 0.29) is 5.82 Å². The minimum absolute atomic E-state index is 0.225. The monoisotopic (exact) mass is 212 g/mol. The number of nitrogens with zero attached hydrogens (tertiary/aromatic N) is 2. The van der Waals surface area contributed by atoms with Crippen molar-refractivity contribution in [1.29, 1.82) is 0 Å². The van der Waals surface area contributed by atoms with E-state index in [1.54, 1.807) is 13.0 Å². The predicted octanol–water partition coefficient (Wildman–Crippen LogP) is 2.76. The lowest BCUT2D eigenvalue weighted by atomic mass is 10.2. The summed E-state index contributed by atoms with van der Waals surface area (Å²) in [7, 11) is 1.88. The molecule has 0 amide bonds. The van der Waals surface area contributed by atoms with E-state index in [4.69, 9.17) is 11.6 Å². The van der Waals surface area contributed by atoms with Crippen LogP contribution in [0.4, 0.5) is 4.39 Å². The van der Waals surface area contributed by atoms with Gasteiger partial charge in [-0.15, -0.1) is 11.6 Å². The van der Waals surface area contributed by atoms with E-state index in [0.717, 1.165) is 11.3 Å². The van der Waals surface area contributed by atoms with Crippen molar-refractivity contribution in [2.45, 2.75) is 12.8 Å². The quantitative estimate of drug-likeness (QED) is 0.665. The minimum atomic E-state index is -0.225. The van der Waals surface area contributed by atoms with Gasteiger partial charge in [0.25, 0.3) is 0 Å².